The molecule has 2 aromatic rings. The zero-order valence-corrected chi connectivity index (χ0v) is 15.5. The second-order valence-corrected chi connectivity index (χ2v) is 7.11. The first-order valence-corrected chi connectivity index (χ1v) is 9.60. The molecule has 1 fully saturated rings. The molecule has 0 aromatic heterocycles. The molecule has 0 radical (unpaired) electrons. The fraction of sp³-hybridized carbons (Fsp3) is 0.348. The Morgan fingerprint density at radius 2 is 1.63 bits per heavy atom. The van der Waals surface area contributed by atoms with Gasteiger partial charge in [-0.2, -0.15) is 0 Å². The lowest BCUT2D eigenvalue weighted by molar-refractivity contribution is 0.0181. The maximum atomic E-state index is 12.5. The van der Waals surface area contributed by atoms with Crippen LogP contribution < -0.4 is 0 Å². The fourth-order valence-electron chi connectivity index (χ4n) is 4.09. The maximum Gasteiger partial charge on any atom is 0.409 e. The van der Waals surface area contributed by atoms with E-state index in [1.165, 1.54) is 22.3 Å². The third-order valence-electron chi connectivity index (χ3n) is 5.49. The van der Waals surface area contributed by atoms with Crippen molar-refractivity contribution < 1.29 is 14.3 Å². The van der Waals surface area contributed by atoms with Crippen molar-refractivity contribution in [2.24, 2.45) is 0 Å². The molecule has 1 aliphatic carbocycles. The van der Waals surface area contributed by atoms with Gasteiger partial charge in [0.25, 0.3) is 0 Å². The highest BCUT2D eigenvalue weighted by atomic mass is 16.6. The van der Waals surface area contributed by atoms with Crippen molar-refractivity contribution in [1.82, 2.24) is 4.90 Å². The minimum absolute atomic E-state index is 0.106. The van der Waals surface area contributed by atoms with E-state index in [4.69, 9.17) is 9.47 Å². The van der Waals surface area contributed by atoms with Crippen LogP contribution in [0.5, 0.6) is 0 Å². The van der Waals surface area contributed by atoms with Gasteiger partial charge in [-0.3, -0.25) is 0 Å². The van der Waals surface area contributed by atoms with E-state index in [0.717, 1.165) is 12.8 Å². The topological polar surface area (TPSA) is 38.8 Å². The number of hydrogen-bond acceptors (Lipinski definition) is 3. The molecule has 2 aromatic carbocycles. The summed E-state index contributed by atoms with van der Waals surface area (Å²) < 4.78 is 11.4. The Hall–Kier alpha value is -2.59. The Bertz CT molecular complexity index is 778. The Balaban J connectivity index is 1.38. The molecular weight excluding hydrogens is 338 g/mol. The van der Waals surface area contributed by atoms with Gasteiger partial charge in [-0.05, 0) is 35.1 Å². The van der Waals surface area contributed by atoms with Crippen LogP contribution in [-0.4, -0.2) is 43.4 Å². The molecule has 140 valence electrons. The number of fused-ring (bicyclic) bond motifs is 3. The number of piperidine rings is 1. The van der Waals surface area contributed by atoms with Crippen molar-refractivity contribution in [2.75, 3.05) is 26.3 Å². The van der Waals surface area contributed by atoms with E-state index >= 15 is 0 Å². The van der Waals surface area contributed by atoms with Crippen LogP contribution in [0.3, 0.4) is 0 Å². The molecule has 4 nitrogen and oxygen atoms in total. The molecule has 1 amide bonds. The lowest BCUT2D eigenvalue weighted by Crippen LogP contribution is -2.41. The predicted octanol–water partition coefficient (Wildman–Crippen LogP) is 4.60. The highest BCUT2D eigenvalue weighted by Crippen LogP contribution is 2.44. The summed E-state index contributed by atoms with van der Waals surface area (Å²) >= 11 is 0. The van der Waals surface area contributed by atoms with Crippen molar-refractivity contribution in [3.8, 4) is 11.1 Å². The Kier molecular flexibility index (Phi) is 5.26. The summed E-state index contributed by atoms with van der Waals surface area (Å²) in [5, 5.41) is 0. The Morgan fingerprint density at radius 1 is 1.04 bits per heavy atom. The van der Waals surface area contributed by atoms with Gasteiger partial charge >= 0.3 is 6.09 Å². The molecule has 1 heterocycles. The van der Waals surface area contributed by atoms with Crippen molar-refractivity contribution in [3.63, 3.8) is 0 Å². The first kappa shape index (κ1) is 17.8. The molecule has 0 N–H and O–H groups in total. The monoisotopic (exact) mass is 363 g/mol. The summed E-state index contributed by atoms with van der Waals surface area (Å²) in [6.45, 7) is 5.97. The van der Waals surface area contributed by atoms with Crippen molar-refractivity contribution >= 4 is 6.09 Å². The molecule has 27 heavy (non-hydrogen) atoms. The molecule has 2 aliphatic rings. The second kappa shape index (κ2) is 7.97. The average molecular weight is 363 g/mol. The van der Waals surface area contributed by atoms with Gasteiger partial charge < -0.3 is 14.4 Å². The van der Waals surface area contributed by atoms with Crippen molar-refractivity contribution in [3.05, 3.63) is 72.3 Å². The molecule has 0 atom stereocenters. The van der Waals surface area contributed by atoms with Gasteiger partial charge in [-0.1, -0.05) is 54.6 Å². The SMILES string of the molecule is C=CCOC1CCN(C(=O)OCC2c3ccccc3-c3ccccc32)CC1. The third-order valence-corrected chi connectivity index (χ3v) is 5.49. The lowest BCUT2D eigenvalue weighted by Gasteiger charge is -2.31. The number of benzene rings is 2. The fourth-order valence-corrected chi connectivity index (χ4v) is 4.09. The maximum absolute atomic E-state index is 12.5. The van der Waals surface area contributed by atoms with Gasteiger partial charge in [-0.15, -0.1) is 6.58 Å². The number of rotatable bonds is 5. The highest BCUT2D eigenvalue weighted by Gasteiger charge is 2.30. The van der Waals surface area contributed by atoms with Crippen LogP contribution in [0.4, 0.5) is 4.79 Å². The van der Waals surface area contributed by atoms with Crippen molar-refractivity contribution in [2.45, 2.75) is 24.9 Å². The molecule has 4 rings (SSSR count). The van der Waals surface area contributed by atoms with E-state index in [1.807, 2.05) is 12.1 Å². The smallest absolute Gasteiger partial charge is 0.409 e. The molecule has 1 aliphatic heterocycles. The second-order valence-electron chi connectivity index (χ2n) is 7.11. The van der Waals surface area contributed by atoms with Crippen molar-refractivity contribution in [1.29, 1.82) is 0 Å². The number of hydrogen-bond donors (Lipinski definition) is 0. The summed E-state index contributed by atoms with van der Waals surface area (Å²) in [6.07, 6.45) is 3.44. The lowest BCUT2D eigenvalue weighted by atomic mass is 9.98. The van der Waals surface area contributed by atoms with E-state index in [9.17, 15) is 4.79 Å². The number of nitrogens with zero attached hydrogens (tertiary/aromatic N) is 1. The van der Waals surface area contributed by atoms with E-state index in [2.05, 4.69) is 43.0 Å². The normalized spacial score (nSPS) is 16.7. The zero-order valence-electron chi connectivity index (χ0n) is 15.5. The first-order valence-electron chi connectivity index (χ1n) is 9.60. The molecular formula is C23H25NO3. The van der Waals surface area contributed by atoms with Crippen LogP contribution in [0.15, 0.2) is 61.2 Å². The van der Waals surface area contributed by atoms with Gasteiger partial charge in [0.2, 0.25) is 0 Å². The highest BCUT2D eigenvalue weighted by molar-refractivity contribution is 5.79. The van der Waals surface area contributed by atoms with E-state index in [1.54, 1.807) is 11.0 Å². The number of ether oxygens (including phenoxy) is 2. The number of likely N-dealkylation sites (tertiary alicyclic amines) is 1. The first-order chi connectivity index (χ1) is 13.3. The summed E-state index contributed by atoms with van der Waals surface area (Å²) in [5.74, 6) is 0.106. The molecule has 4 heteroatoms. The van der Waals surface area contributed by atoms with Crippen LogP contribution in [0.25, 0.3) is 11.1 Å². The third kappa shape index (κ3) is 3.62. The van der Waals surface area contributed by atoms with Crippen LogP contribution in [0, 0.1) is 0 Å². The molecule has 0 unspecified atom stereocenters. The zero-order chi connectivity index (χ0) is 18.6. The number of amides is 1. The van der Waals surface area contributed by atoms with Gasteiger partial charge in [0.15, 0.2) is 0 Å². The van der Waals surface area contributed by atoms with Gasteiger partial charge in [0.05, 0.1) is 12.7 Å². The summed E-state index contributed by atoms with van der Waals surface area (Å²) in [4.78, 5) is 14.3. The van der Waals surface area contributed by atoms with Crippen LogP contribution in [0.1, 0.15) is 29.9 Å². The predicted molar refractivity (Wildman–Crippen MR) is 106 cm³/mol. The minimum Gasteiger partial charge on any atom is -0.448 e. The largest absolute Gasteiger partial charge is 0.448 e. The Morgan fingerprint density at radius 3 is 2.22 bits per heavy atom. The van der Waals surface area contributed by atoms with Crippen LogP contribution in [-0.2, 0) is 9.47 Å². The van der Waals surface area contributed by atoms with E-state index < -0.39 is 0 Å². The average Bonchev–Trinajstić information content (AvgIpc) is 3.05. The van der Waals surface area contributed by atoms with Gasteiger partial charge in [-0.25, -0.2) is 4.79 Å². The molecule has 0 spiro atoms. The Labute approximate surface area is 160 Å². The number of carbonyl (C=O) groups is 1. The minimum atomic E-state index is -0.223. The van der Waals surface area contributed by atoms with E-state index in [-0.39, 0.29) is 18.1 Å². The quantitative estimate of drug-likeness (QED) is 0.729. The molecule has 1 saturated heterocycles. The summed E-state index contributed by atoms with van der Waals surface area (Å²) in [6, 6.07) is 16.8. The van der Waals surface area contributed by atoms with Gasteiger partial charge in [0.1, 0.15) is 6.61 Å². The van der Waals surface area contributed by atoms with E-state index in [0.29, 0.717) is 26.3 Å². The molecule has 0 saturated carbocycles. The van der Waals surface area contributed by atoms with Crippen LogP contribution >= 0.6 is 0 Å². The van der Waals surface area contributed by atoms with Gasteiger partial charge in [0, 0.05) is 19.0 Å². The summed E-state index contributed by atoms with van der Waals surface area (Å²) in [5.41, 5.74) is 4.97. The number of carbonyl (C=O) groups excluding carboxylic acids is 1. The molecule has 0 bridgehead atoms. The summed E-state index contributed by atoms with van der Waals surface area (Å²) in [7, 11) is 0. The van der Waals surface area contributed by atoms with Crippen LogP contribution in [0.2, 0.25) is 0 Å². The standard InChI is InChI=1S/C23H25NO3/c1-2-15-26-17-11-13-24(14-12-17)23(25)27-16-22-20-9-5-3-7-18(20)19-8-4-6-10-21(19)22/h2-10,17,22H,1,11-16H2.